The molecule has 0 aromatic heterocycles. The molecule has 0 rings (SSSR count). The predicted molar refractivity (Wildman–Crippen MR) is 239 cm³/mol. The summed E-state index contributed by atoms with van der Waals surface area (Å²) < 4.78 is 0. The van der Waals surface area contributed by atoms with Gasteiger partial charge in [-0.15, -0.1) is 0 Å². The van der Waals surface area contributed by atoms with Crippen LogP contribution in [-0.2, 0) is 0 Å². The second-order valence-electron chi connectivity index (χ2n) is 15.1. The normalized spacial score (nSPS) is 13.4. The molecule has 0 amide bonds. The number of likely N-dealkylation sites (N-methyl/N-ethyl adjacent to an activating group) is 2. The molecule has 0 bridgehead atoms. The fraction of sp³-hybridized carbons (Fsp3) is 0.796. The van der Waals surface area contributed by atoms with Gasteiger partial charge in [0, 0.05) is 32.2 Å². The number of hydrogen-bond donors (Lipinski definition) is 0. The maximum atomic E-state index is 2.84. The smallest absolute Gasteiger partial charge is 0.0279 e. The molecule has 0 radical (unpaired) electrons. The molecule has 3 heteroatoms. The lowest BCUT2D eigenvalue weighted by Crippen LogP contribution is -2.44. The molecular weight excluding hydrogens is 631 g/mol. The van der Waals surface area contributed by atoms with Crippen LogP contribution in [0.4, 0.5) is 0 Å². The van der Waals surface area contributed by atoms with E-state index in [-0.39, 0.29) is 0 Å². The Bertz CT molecular complexity index is 816. The minimum atomic E-state index is 0.572. The standard InChI is InChI=1S/C49H93N3/c1-7-13-15-17-19-21-23-25-27-29-31-33-35-37-39-41-43-49(52(47-45-50(9-3)10-4)48-46-51(11-5)12-6)44-42-40-38-36-34-32-30-28-26-24-22-20-18-16-14-8-2/h19-22,25-28,41,43,49H,7-18,23-24,29-40,42,44-48H2,1-6H3/b21-19-,22-20-,27-25-,28-26-,43-41+. The SMILES string of the molecule is CCCCC/C=C\C/C=C\CCCCCC/C=C/C(CCCCCCCC/C=C\C/C=C\CCCCC)N(CCN(CC)CC)CCN(CC)CC. The van der Waals surface area contributed by atoms with E-state index >= 15 is 0 Å². The van der Waals surface area contributed by atoms with Crippen molar-refractivity contribution in [2.45, 2.75) is 202 Å². The van der Waals surface area contributed by atoms with Gasteiger partial charge in [0.25, 0.3) is 0 Å². The highest BCUT2D eigenvalue weighted by molar-refractivity contribution is 4.96. The van der Waals surface area contributed by atoms with Gasteiger partial charge < -0.3 is 9.80 Å². The van der Waals surface area contributed by atoms with Gasteiger partial charge in [-0.05, 0) is 110 Å². The zero-order chi connectivity index (χ0) is 38.0. The number of rotatable bonds is 40. The van der Waals surface area contributed by atoms with Crippen molar-refractivity contribution >= 4 is 0 Å². The molecule has 1 atom stereocenters. The summed E-state index contributed by atoms with van der Waals surface area (Å²) in [6.07, 6.45) is 55.6. The molecule has 52 heavy (non-hydrogen) atoms. The van der Waals surface area contributed by atoms with Gasteiger partial charge in [0.1, 0.15) is 0 Å². The Morgan fingerprint density at radius 1 is 0.346 bits per heavy atom. The molecule has 3 nitrogen and oxygen atoms in total. The van der Waals surface area contributed by atoms with E-state index in [0.717, 1.165) is 39.0 Å². The van der Waals surface area contributed by atoms with Crippen LogP contribution >= 0.6 is 0 Å². The van der Waals surface area contributed by atoms with E-state index < -0.39 is 0 Å². The highest BCUT2D eigenvalue weighted by Gasteiger charge is 2.17. The topological polar surface area (TPSA) is 9.72 Å². The first-order valence-electron chi connectivity index (χ1n) is 23.1. The molecule has 0 heterocycles. The van der Waals surface area contributed by atoms with Crippen molar-refractivity contribution in [3.8, 4) is 0 Å². The molecule has 0 aromatic carbocycles. The minimum absolute atomic E-state index is 0.572. The second kappa shape index (κ2) is 42.3. The van der Waals surface area contributed by atoms with Crippen LogP contribution in [0.2, 0.25) is 0 Å². The van der Waals surface area contributed by atoms with E-state index in [0.29, 0.717) is 6.04 Å². The van der Waals surface area contributed by atoms with E-state index in [1.807, 2.05) is 0 Å². The highest BCUT2D eigenvalue weighted by atomic mass is 15.2. The average Bonchev–Trinajstić information content (AvgIpc) is 3.16. The molecule has 0 aliphatic heterocycles. The van der Waals surface area contributed by atoms with Crippen LogP contribution < -0.4 is 0 Å². The maximum absolute atomic E-state index is 2.84. The van der Waals surface area contributed by atoms with E-state index in [1.54, 1.807) is 0 Å². The molecule has 0 aliphatic carbocycles. The van der Waals surface area contributed by atoms with Gasteiger partial charge in [-0.1, -0.05) is 173 Å². The van der Waals surface area contributed by atoms with Gasteiger partial charge in [0.05, 0.1) is 0 Å². The largest absolute Gasteiger partial charge is 0.303 e. The van der Waals surface area contributed by atoms with Crippen LogP contribution in [0, 0.1) is 0 Å². The third-order valence-electron chi connectivity index (χ3n) is 10.8. The Labute approximate surface area is 328 Å². The summed E-state index contributed by atoms with van der Waals surface area (Å²) in [5, 5.41) is 0. The molecule has 0 spiro atoms. The van der Waals surface area contributed by atoms with E-state index in [4.69, 9.17) is 0 Å². The van der Waals surface area contributed by atoms with Gasteiger partial charge in [0.15, 0.2) is 0 Å². The summed E-state index contributed by atoms with van der Waals surface area (Å²) in [7, 11) is 0. The zero-order valence-electron chi connectivity index (χ0n) is 36.3. The third-order valence-corrected chi connectivity index (χ3v) is 10.8. The molecule has 0 saturated heterocycles. The summed E-state index contributed by atoms with van der Waals surface area (Å²) in [5.41, 5.74) is 0. The van der Waals surface area contributed by atoms with Crippen LogP contribution in [-0.4, -0.2) is 73.1 Å². The summed E-state index contributed by atoms with van der Waals surface area (Å²) in [4.78, 5) is 8.05. The average molecular weight is 724 g/mol. The van der Waals surface area contributed by atoms with Gasteiger partial charge in [-0.2, -0.15) is 0 Å². The van der Waals surface area contributed by atoms with Crippen molar-refractivity contribution < 1.29 is 0 Å². The molecule has 0 fully saturated rings. The molecular formula is C49H93N3. The van der Waals surface area contributed by atoms with E-state index in [1.165, 1.54) is 167 Å². The Morgan fingerprint density at radius 3 is 1.08 bits per heavy atom. The van der Waals surface area contributed by atoms with Crippen LogP contribution in [0.15, 0.2) is 60.8 Å². The summed E-state index contributed by atoms with van der Waals surface area (Å²) in [6.45, 7) is 23.2. The van der Waals surface area contributed by atoms with Crippen LogP contribution in [0.3, 0.4) is 0 Å². The van der Waals surface area contributed by atoms with Gasteiger partial charge in [-0.3, -0.25) is 4.90 Å². The van der Waals surface area contributed by atoms with Gasteiger partial charge in [0.2, 0.25) is 0 Å². The van der Waals surface area contributed by atoms with Gasteiger partial charge in [-0.25, -0.2) is 0 Å². The summed E-state index contributed by atoms with van der Waals surface area (Å²) in [6, 6.07) is 0.572. The number of allylic oxidation sites excluding steroid dienone is 9. The van der Waals surface area contributed by atoms with E-state index in [9.17, 15) is 0 Å². The first-order valence-corrected chi connectivity index (χ1v) is 23.1. The van der Waals surface area contributed by atoms with Crippen LogP contribution in [0.5, 0.6) is 0 Å². The van der Waals surface area contributed by atoms with Crippen molar-refractivity contribution in [3.63, 3.8) is 0 Å². The maximum Gasteiger partial charge on any atom is 0.0279 e. The minimum Gasteiger partial charge on any atom is -0.303 e. The molecule has 0 aromatic rings. The monoisotopic (exact) mass is 724 g/mol. The third kappa shape index (κ3) is 34.4. The van der Waals surface area contributed by atoms with Gasteiger partial charge >= 0.3 is 0 Å². The molecule has 1 unspecified atom stereocenters. The van der Waals surface area contributed by atoms with Crippen molar-refractivity contribution in [3.05, 3.63) is 60.8 Å². The van der Waals surface area contributed by atoms with E-state index in [2.05, 4.69) is 117 Å². The lowest BCUT2D eigenvalue weighted by atomic mass is 10.0. The fourth-order valence-corrected chi connectivity index (χ4v) is 6.96. The lowest BCUT2D eigenvalue weighted by molar-refractivity contribution is 0.156. The summed E-state index contributed by atoms with van der Waals surface area (Å²) in [5.74, 6) is 0. The first-order chi connectivity index (χ1) is 25.7. The van der Waals surface area contributed by atoms with Crippen molar-refractivity contribution in [1.29, 1.82) is 0 Å². The van der Waals surface area contributed by atoms with Crippen molar-refractivity contribution in [2.24, 2.45) is 0 Å². The molecule has 304 valence electrons. The number of hydrogen-bond acceptors (Lipinski definition) is 3. The zero-order valence-corrected chi connectivity index (χ0v) is 36.3. The summed E-state index contributed by atoms with van der Waals surface area (Å²) >= 11 is 0. The number of nitrogens with zero attached hydrogens (tertiary/aromatic N) is 3. The highest BCUT2D eigenvalue weighted by Crippen LogP contribution is 2.16. The van der Waals surface area contributed by atoms with Crippen molar-refractivity contribution in [2.75, 3.05) is 52.4 Å². The van der Waals surface area contributed by atoms with Crippen molar-refractivity contribution in [1.82, 2.24) is 14.7 Å². The van der Waals surface area contributed by atoms with Crippen LogP contribution in [0.25, 0.3) is 0 Å². The molecule has 0 saturated carbocycles. The Hall–Kier alpha value is -1.42. The number of unbranched alkanes of at least 4 members (excludes halogenated alkanes) is 17. The lowest BCUT2D eigenvalue weighted by Gasteiger charge is -2.34. The Balaban J connectivity index is 4.75. The fourth-order valence-electron chi connectivity index (χ4n) is 6.96. The Kier molecular flexibility index (Phi) is 41.2. The first kappa shape index (κ1) is 50.6. The second-order valence-corrected chi connectivity index (χ2v) is 15.1. The Morgan fingerprint density at radius 2 is 0.692 bits per heavy atom. The van der Waals surface area contributed by atoms with Crippen LogP contribution in [0.1, 0.15) is 196 Å². The predicted octanol–water partition coefficient (Wildman–Crippen LogP) is 14.5. The molecule has 0 aliphatic rings. The quantitative estimate of drug-likeness (QED) is 0.0460. The molecule has 0 N–H and O–H groups in total.